The van der Waals surface area contributed by atoms with Crippen molar-refractivity contribution in [1.29, 1.82) is 0 Å². The van der Waals surface area contributed by atoms with Crippen LogP contribution in [0.5, 0.6) is 0 Å². The Morgan fingerprint density at radius 3 is 1.76 bits per heavy atom. The Labute approximate surface area is 360 Å². The molecule has 2 aromatic heterocycles. The van der Waals surface area contributed by atoms with Gasteiger partial charge in [-0.1, -0.05) is 177 Å². The summed E-state index contributed by atoms with van der Waals surface area (Å²) >= 11 is 0. The zero-order valence-corrected chi connectivity index (χ0v) is 34.4. The van der Waals surface area contributed by atoms with E-state index in [-0.39, 0.29) is 0 Å². The molecule has 12 rings (SSSR count). The molecule has 0 radical (unpaired) electrons. The van der Waals surface area contributed by atoms with Crippen molar-refractivity contribution in [3.8, 4) is 27.9 Å². The van der Waals surface area contributed by atoms with E-state index in [1.165, 1.54) is 44.2 Å². The fraction of sp³-hybridized carbons (Fsp3) is 0.0508. The van der Waals surface area contributed by atoms with E-state index in [2.05, 4.69) is 235 Å². The van der Waals surface area contributed by atoms with Crippen LogP contribution in [0.25, 0.3) is 88.0 Å². The van der Waals surface area contributed by atoms with Gasteiger partial charge in [-0.05, 0) is 99.6 Å². The first-order chi connectivity index (χ1) is 30.7. The Balaban J connectivity index is 1.19. The van der Waals surface area contributed by atoms with Crippen molar-refractivity contribution in [3.63, 3.8) is 0 Å². The molecule has 0 bridgehead atoms. The fourth-order valence-electron chi connectivity index (χ4n) is 9.77. The van der Waals surface area contributed by atoms with Gasteiger partial charge in [0.1, 0.15) is 11.2 Å². The zero-order valence-electron chi connectivity index (χ0n) is 34.4. The van der Waals surface area contributed by atoms with Gasteiger partial charge >= 0.3 is 0 Å². The minimum atomic E-state index is 0.461. The first-order valence-electron chi connectivity index (χ1n) is 21.6. The minimum absolute atomic E-state index is 0.461. The molecule has 0 aliphatic heterocycles. The molecule has 1 atom stereocenters. The summed E-state index contributed by atoms with van der Waals surface area (Å²) in [5, 5.41) is 6.81. The van der Waals surface area contributed by atoms with Crippen LogP contribution >= 0.6 is 0 Å². The Kier molecular flexibility index (Phi) is 8.53. The Bertz CT molecular complexity index is 3520. The molecule has 0 saturated heterocycles. The number of allylic oxidation sites excluding steroid dienone is 4. The largest absolute Gasteiger partial charge is 0.455 e. The van der Waals surface area contributed by atoms with Gasteiger partial charge < -0.3 is 13.9 Å². The summed E-state index contributed by atoms with van der Waals surface area (Å²) in [6.07, 6.45) is 7.79. The Morgan fingerprint density at radius 1 is 0.500 bits per heavy atom. The van der Waals surface area contributed by atoms with Crippen molar-refractivity contribution < 1.29 is 4.42 Å². The summed E-state index contributed by atoms with van der Waals surface area (Å²) in [4.78, 5) is 2.45. The van der Waals surface area contributed by atoms with Gasteiger partial charge in [0.2, 0.25) is 0 Å². The highest BCUT2D eigenvalue weighted by molar-refractivity contribution is 6.30. The number of nitrogens with zero attached hydrogens (tertiary/aromatic N) is 2. The fourth-order valence-corrected chi connectivity index (χ4v) is 9.77. The van der Waals surface area contributed by atoms with Gasteiger partial charge in [0, 0.05) is 38.6 Å². The second-order valence-corrected chi connectivity index (χ2v) is 16.5. The molecule has 11 aromatic rings. The smallest absolute Gasteiger partial charge is 0.145 e. The van der Waals surface area contributed by atoms with Crippen molar-refractivity contribution in [2.45, 2.75) is 13.3 Å². The highest BCUT2D eigenvalue weighted by atomic mass is 16.3. The molecule has 0 spiro atoms. The maximum Gasteiger partial charge on any atom is 0.145 e. The lowest BCUT2D eigenvalue weighted by Crippen LogP contribution is -2.12. The van der Waals surface area contributed by atoms with Crippen LogP contribution in [0.15, 0.2) is 223 Å². The van der Waals surface area contributed by atoms with Crippen LogP contribution in [0.3, 0.4) is 0 Å². The number of hydrogen-bond acceptors (Lipinski definition) is 2. The minimum Gasteiger partial charge on any atom is -0.455 e. The first kappa shape index (κ1) is 36.0. The van der Waals surface area contributed by atoms with Crippen molar-refractivity contribution in [1.82, 2.24) is 4.57 Å². The lowest BCUT2D eigenvalue weighted by Gasteiger charge is -2.28. The third-order valence-electron chi connectivity index (χ3n) is 12.8. The molecular weight excluding hydrogens is 753 g/mol. The van der Waals surface area contributed by atoms with Gasteiger partial charge in [0.25, 0.3) is 0 Å². The summed E-state index contributed by atoms with van der Waals surface area (Å²) in [5.41, 5.74) is 15.7. The van der Waals surface area contributed by atoms with Crippen LogP contribution in [0.1, 0.15) is 18.9 Å². The predicted octanol–water partition coefficient (Wildman–Crippen LogP) is 16.6. The van der Waals surface area contributed by atoms with Crippen molar-refractivity contribution >= 4 is 77.2 Å². The maximum absolute atomic E-state index is 6.97. The maximum atomic E-state index is 6.97. The highest BCUT2D eigenvalue weighted by Crippen LogP contribution is 2.50. The Morgan fingerprint density at radius 2 is 1.08 bits per heavy atom. The predicted molar refractivity (Wildman–Crippen MR) is 262 cm³/mol. The van der Waals surface area contributed by atoms with Gasteiger partial charge in [-0.15, -0.1) is 0 Å². The van der Waals surface area contributed by atoms with Crippen molar-refractivity contribution in [2.75, 3.05) is 4.90 Å². The number of rotatable bonds is 7. The van der Waals surface area contributed by atoms with Crippen LogP contribution in [0.4, 0.5) is 17.1 Å². The number of hydrogen-bond donors (Lipinski definition) is 0. The standard InChI is InChI=1S/C59H42N2O/c1-39-14-8-10-20-49(39)45-28-35-47(36-29-45)60(46-31-24-42(25-32-46)40-15-4-2-5-16-40)54-38-53-51-22-12-13-23-55(51)62-59(53)56-52-37-30-44-19-9-11-21-50(44)57(52)61(58(54)56)48-33-26-43(27-34-48)41-17-6-3-7-18-41/h2-13,15-39H,14H2,1H3. The van der Waals surface area contributed by atoms with E-state index in [0.29, 0.717) is 5.92 Å². The molecule has 3 nitrogen and oxygen atoms in total. The molecule has 1 aliphatic rings. The van der Waals surface area contributed by atoms with Crippen LogP contribution in [0, 0.1) is 5.92 Å². The van der Waals surface area contributed by atoms with E-state index in [9.17, 15) is 0 Å². The summed E-state index contributed by atoms with van der Waals surface area (Å²) in [6, 6.07) is 72.7. The molecule has 1 aliphatic carbocycles. The lowest BCUT2D eigenvalue weighted by atomic mass is 9.88. The normalized spacial score (nSPS) is 14.0. The van der Waals surface area contributed by atoms with Gasteiger partial charge in [0.05, 0.1) is 22.1 Å². The van der Waals surface area contributed by atoms with Crippen LogP contribution in [0.2, 0.25) is 0 Å². The first-order valence-corrected chi connectivity index (χ1v) is 21.6. The molecular formula is C59H42N2O. The van der Waals surface area contributed by atoms with E-state index in [1.807, 2.05) is 0 Å². The monoisotopic (exact) mass is 794 g/mol. The van der Waals surface area contributed by atoms with Gasteiger partial charge in [0.15, 0.2) is 0 Å². The van der Waals surface area contributed by atoms with E-state index >= 15 is 0 Å². The summed E-state index contributed by atoms with van der Waals surface area (Å²) in [5.74, 6) is 0.461. The third kappa shape index (κ3) is 5.89. The molecule has 2 heterocycles. The number of benzene rings is 9. The third-order valence-corrected chi connectivity index (χ3v) is 12.8. The number of para-hydroxylation sites is 1. The molecule has 1 unspecified atom stereocenters. The summed E-state index contributed by atoms with van der Waals surface area (Å²) in [6.45, 7) is 2.32. The SMILES string of the molecule is CC1CC=CC=C1c1ccc(N(c2ccc(-c3ccccc3)cc2)c2cc3c4ccccc4oc3c3c4ccc5ccccc5c4n(-c4ccc(-c5ccccc5)cc4)c23)cc1. The van der Waals surface area contributed by atoms with Gasteiger partial charge in [-0.3, -0.25) is 0 Å². The second-order valence-electron chi connectivity index (χ2n) is 16.5. The number of furan rings is 1. The summed E-state index contributed by atoms with van der Waals surface area (Å²) in [7, 11) is 0. The van der Waals surface area contributed by atoms with Crippen LogP contribution in [-0.4, -0.2) is 4.57 Å². The molecule has 0 saturated carbocycles. The van der Waals surface area contributed by atoms with Crippen LogP contribution < -0.4 is 4.90 Å². The molecule has 0 fully saturated rings. The molecule has 0 amide bonds. The van der Waals surface area contributed by atoms with E-state index in [1.54, 1.807) is 0 Å². The van der Waals surface area contributed by atoms with Gasteiger partial charge in [-0.2, -0.15) is 0 Å². The number of fused-ring (bicyclic) bond motifs is 9. The zero-order chi connectivity index (χ0) is 41.1. The molecule has 62 heavy (non-hydrogen) atoms. The lowest BCUT2D eigenvalue weighted by molar-refractivity contribution is 0.673. The van der Waals surface area contributed by atoms with E-state index < -0.39 is 0 Å². The summed E-state index contributed by atoms with van der Waals surface area (Å²) < 4.78 is 9.46. The Hall–Kier alpha value is -7.88. The number of anilines is 3. The van der Waals surface area contributed by atoms with E-state index in [0.717, 1.165) is 72.9 Å². The second kappa shape index (κ2) is 14.7. The molecule has 3 heteroatoms. The van der Waals surface area contributed by atoms with Crippen molar-refractivity contribution in [3.05, 3.63) is 224 Å². The average molecular weight is 795 g/mol. The molecule has 294 valence electrons. The quantitative estimate of drug-likeness (QED) is 0.160. The highest BCUT2D eigenvalue weighted by Gasteiger charge is 2.27. The van der Waals surface area contributed by atoms with E-state index in [4.69, 9.17) is 4.42 Å². The van der Waals surface area contributed by atoms with Gasteiger partial charge in [-0.25, -0.2) is 0 Å². The van der Waals surface area contributed by atoms with Crippen molar-refractivity contribution in [2.24, 2.45) is 5.92 Å². The number of aromatic nitrogens is 1. The molecule has 9 aromatic carbocycles. The average Bonchev–Trinajstić information content (AvgIpc) is 3.89. The molecule has 0 N–H and O–H groups in total. The topological polar surface area (TPSA) is 21.3 Å². The van der Waals surface area contributed by atoms with Crippen LogP contribution in [-0.2, 0) is 0 Å².